The maximum Gasteiger partial charge on any atom is 0.259 e. The van der Waals surface area contributed by atoms with Crippen LogP contribution in [0.4, 0.5) is 0 Å². The summed E-state index contributed by atoms with van der Waals surface area (Å²) in [5.74, 6) is -0.133. The van der Waals surface area contributed by atoms with Crippen molar-refractivity contribution >= 4 is 29.3 Å². The number of halogens is 1. The summed E-state index contributed by atoms with van der Waals surface area (Å²) in [6.07, 6.45) is -0.582. The number of nitrogens with zero attached hydrogens (tertiary/aromatic N) is 1. The highest BCUT2D eigenvalue weighted by Gasteiger charge is 2.29. The Morgan fingerprint density at radius 3 is 2.78 bits per heavy atom. The molecule has 1 aromatic carbocycles. The number of thioether (sulfide) groups is 1. The standard InChI is InChI=1S/C12H14ClNO3S/c1-8(12(16)14-6-10(15)7-17-14)18-11-4-2-9(13)3-5-11/h2-5,8,10,15H,6-7H2,1H3. The number of aliphatic hydroxyl groups is 1. The molecule has 2 atom stereocenters. The average Bonchev–Trinajstić information content (AvgIpc) is 2.78. The van der Waals surface area contributed by atoms with Crippen molar-refractivity contribution in [1.82, 2.24) is 5.06 Å². The molecule has 1 aromatic rings. The quantitative estimate of drug-likeness (QED) is 0.864. The van der Waals surface area contributed by atoms with Crippen molar-refractivity contribution in [3.05, 3.63) is 29.3 Å². The van der Waals surface area contributed by atoms with Crippen molar-refractivity contribution in [2.24, 2.45) is 0 Å². The molecule has 0 radical (unpaired) electrons. The zero-order valence-electron chi connectivity index (χ0n) is 9.88. The fourth-order valence-corrected chi connectivity index (χ4v) is 2.64. The molecule has 1 heterocycles. The number of aliphatic hydroxyl groups excluding tert-OH is 1. The Bertz CT molecular complexity index is 426. The molecule has 0 aromatic heterocycles. The van der Waals surface area contributed by atoms with Gasteiger partial charge in [0.15, 0.2) is 0 Å². The number of carbonyl (C=O) groups is 1. The topological polar surface area (TPSA) is 49.8 Å². The lowest BCUT2D eigenvalue weighted by atomic mass is 10.3. The summed E-state index contributed by atoms with van der Waals surface area (Å²) in [6.45, 7) is 2.24. The smallest absolute Gasteiger partial charge is 0.259 e. The Morgan fingerprint density at radius 1 is 1.56 bits per heavy atom. The second-order valence-corrected chi connectivity index (χ2v) is 5.91. The number of hydrogen-bond acceptors (Lipinski definition) is 4. The van der Waals surface area contributed by atoms with Crippen LogP contribution in [0.15, 0.2) is 29.2 Å². The first kappa shape index (κ1) is 13.7. The average molecular weight is 288 g/mol. The molecule has 1 aliphatic rings. The number of hydrogen-bond donors (Lipinski definition) is 1. The van der Waals surface area contributed by atoms with Gasteiger partial charge in [-0.3, -0.25) is 9.63 Å². The van der Waals surface area contributed by atoms with Crippen molar-refractivity contribution in [1.29, 1.82) is 0 Å². The highest BCUT2D eigenvalue weighted by molar-refractivity contribution is 8.00. The van der Waals surface area contributed by atoms with E-state index in [1.807, 2.05) is 19.1 Å². The van der Waals surface area contributed by atoms with Crippen LogP contribution < -0.4 is 0 Å². The van der Waals surface area contributed by atoms with Crippen molar-refractivity contribution in [3.63, 3.8) is 0 Å². The predicted molar refractivity (Wildman–Crippen MR) is 70.4 cm³/mol. The van der Waals surface area contributed by atoms with E-state index >= 15 is 0 Å². The molecule has 4 nitrogen and oxygen atoms in total. The van der Waals surface area contributed by atoms with Gasteiger partial charge in [-0.1, -0.05) is 11.6 Å². The SMILES string of the molecule is CC(Sc1ccc(Cl)cc1)C(=O)N1CC(O)CO1. The van der Waals surface area contributed by atoms with Crippen molar-refractivity contribution < 1.29 is 14.7 Å². The minimum absolute atomic E-state index is 0.133. The summed E-state index contributed by atoms with van der Waals surface area (Å²) >= 11 is 7.24. The third kappa shape index (κ3) is 3.38. The van der Waals surface area contributed by atoms with E-state index in [2.05, 4.69) is 0 Å². The third-order valence-corrected chi connectivity index (χ3v) is 3.87. The summed E-state index contributed by atoms with van der Waals surface area (Å²) < 4.78 is 0. The van der Waals surface area contributed by atoms with Crippen LogP contribution in [0.3, 0.4) is 0 Å². The predicted octanol–water partition coefficient (Wildman–Crippen LogP) is 1.96. The minimum atomic E-state index is -0.582. The summed E-state index contributed by atoms with van der Waals surface area (Å²) in [6, 6.07) is 7.32. The van der Waals surface area contributed by atoms with Crippen LogP contribution in [0.1, 0.15) is 6.92 Å². The molecule has 18 heavy (non-hydrogen) atoms. The maximum atomic E-state index is 12.0. The molecule has 0 spiro atoms. The normalized spacial score (nSPS) is 21.1. The zero-order valence-corrected chi connectivity index (χ0v) is 11.4. The molecule has 0 aliphatic carbocycles. The van der Waals surface area contributed by atoms with Gasteiger partial charge in [-0.25, -0.2) is 5.06 Å². The monoisotopic (exact) mass is 287 g/mol. The van der Waals surface area contributed by atoms with Gasteiger partial charge in [0, 0.05) is 9.92 Å². The highest BCUT2D eigenvalue weighted by atomic mass is 35.5. The number of β-amino-alcohol motifs (C(OH)–C–C–N with tert-alkyl or cyclic N) is 1. The van der Waals surface area contributed by atoms with E-state index in [0.717, 1.165) is 4.90 Å². The third-order valence-electron chi connectivity index (χ3n) is 2.52. The van der Waals surface area contributed by atoms with E-state index in [4.69, 9.17) is 16.4 Å². The van der Waals surface area contributed by atoms with Crippen molar-refractivity contribution in [3.8, 4) is 0 Å². The van der Waals surface area contributed by atoms with Gasteiger partial charge < -0.3 is 5.11 Å². The highest BCUT2D eigenvalue weighted by Crippen LogP contribution is 2.26. The number of benzene rings is 1. The molecular formula is C12H14ClNO3S. The van der Waals surface area contributed by atoms with E-state index in [-0.39, 0.29) is 24.3 Å². The largest absolute Gasteiger partial charge is 0.389 e. The Kier molecular flexibility index (Phi) is 4.50. The molecule has 2 rings (SSSR count). The Labute approximate surface area is 115 Å². The molecule has 6 heteroatoms. The molecule has 0 bridgehead atoms. The molecule has 1 fully saturated rings. The summed E-state index contributed by atoms with van der Waals surface area (Å²) in [5.41, 5.74) is 0. The minimum Gasteiger partial charge on any atom is -0.389 e. The van der Waals surface area contributed by atoms with Crippen LogP contribution in [0.2, 0.25) is 5.02 Å². The number of carbonyl (C=O) groups excluding carboxylic acids is 1. The van der Waals surface area contributed by atoms with Gasteiger partial charge >= 0.3 is 0 Å². The van der Waals surface area contributed by atoms with Crippen LogP contribution in [0, 0.1) is 0 Å². The number of hydroxylamine groups is 2. The lowest BCUT2D eigenvalue weighted by Gasteiger charge is -2.18. The van der Waals surface area contributed by atoms with Gasteiger partial charge in [0.25, 0.3) is 5.91 Å². The van der Waals surface area contributed by atoms with E-state index in [1.165, 1.54) is 16.8 Å². The van der Waals surface area contributed by atoms with Crippen LogP contribution >= 0.6 is 23.4 Å². The molecule has 1 saturated heterocycles. The molecular weight excluding hydrogens is 274 g/mol. The Hall–Kier alpha value is -0.750. The molecule has 1 amide bonds. The molecule has 1 aliphatic heterocycles. The van der Waals surface area contributed by atoms with Gasteiger partial charge in [-0.2, -0.15) is 0 Å². The van der Waals surface area contributed by atoms with E-state index in [0.29, 0.717) is 5.02 Å². The van der Waals surface area contributed by atoms with Gasteiger partial charge in [0.1, 0.15) is 6.61 Å². The lowest BCUT2D eigenvalue weighted by Crippen LogP contribution is -2.34. The maximum absolute atomic E-state index is 12.0. The summed E-state index contributed by atoms with van der Waals surface area (Å²) in [7, 11) is 0. The first-order valence-corrected chi connectivity index (χ1v) is 6.86. The number of amides is 1. The van der Waals surface area contributed by atoms with Gasteiger partial charge in [-0.05, 0) is 31.2 Å². The van der Waals surface area contributed by atoms with E-state index < -0.39 is 6.10 Å². The first-order chi connectivity index (χ1) is 8.56. The Balaban J connectivity index is 1.93. The second kappa shape index (κ2) is 5.93. The van der Waals surface area contributed by atoms with Gasteiger partial charge in [0.2, 0.25) is 0 Å². The van der Waals surface area contributed by atoms with Crippen LogP contribution in [-0.2, 0) is 9.63 Å². The van der Waals surface area contributed by atoms with Gasteiger partial charge in [-0.15, -0.1) is 11.8 Å². The first-order valence-electron chi connectivity index (χ1n) is 5.61. The van der Waals surface area contributed by atoms with E-state index in [9.17, 15) is 9.90 Å². The fraction of sp³-hybridized carbons (Fsp3) is 0.417. The summed E-state index contributed by atoms with van der Waals surface area (Å²) in [5, 5.41) is 10.9. The van der Waals surface area contributed by atoms with Crippen LogP contribution in [-0.4, -0.2) is 40.6 Å². The lowest BCUT2D eigenvalue weighted by molar-refractivity contribution is -0.167. The molecule has 2 unspecified atom stereocenters. The van der Waals surface area contributed by atoms with Crippen LogP contribution in [0.25, 0.3) is 0 Å². The molecule has 1 N–H and O–H groups in total. The Morgan fingerprint density at radius 2 is 2.22 bits per heavy atom. The van der Waals surface area contributed by atoms with Gasteiger partial charge in [0.05, 0.1) is 17.9 Å². The molecule has 0 saturated carbocycles. The second-order valence-electron chi connectivity index (χ2n) is 4.06. The fourth-order valence-electron chi connectivity index (χ4n) is 1.60. The van der Waals surface area contributed by atoms with Crippen molar-refractivity contribution in [2.75, 3.05) is 13.2 Å². The van der Waals surface area contributed by atoms with Crippen LogP contribution in [0.5, 0.6) is 0 Å². The van der Waals surface area contributed by atoms with Crippen molar-refractivity contribution in [2.45, 2.75) is 23.2 Å². The summed E-state index contributed by atoms with van der Waals surface area (Å²) in [4.78, 5) is 18.1. The number of rotatable bonds is 3. The van der Waals surface area contributed by atoms with E-state index in [1.54, 1.807) is 12.1 Å². The zero-order chi connectivity index (χ0) is 13.1. The molecule has 98 valence electrons.